The molecular formula is C25H20N4O2S2. The van der Waals surface area contributed by atoms with Crippen LogP contribution in [0.5, 0.6) is 0 Å². The number of hydrogen-bond donors (Lipinski definition) is 1. The van der Waals surface area contributed by atoms with E-state index < -0.39 is 0 Å². The van der Waals surface area contributed by atoms with E-state index in [9.17, 15) is 9.59 Å². The average molecular weight is 473 g/mol. The molecule has 2 aromatic carbocycles. The van der Waals surface area contributed by atoms with Crippen LogP contribution in [0.3, 0.4) is 0 Å². The maximum atomic E-state index is 13.2. The first-order valence-electron chi connectivity index (χ1n) is 10.4. The lowest BCUT2D eigenvalue weighted by atomic mass is 10.0. The number of nitrogens with zero attached hydrogens (tertiary/aromatic N) is 3. The third-order valence-electron chi connectivity index (χ3n) is 5.25. The first kappa shape index (κ1) is 21.2. The standard InChI is InChI=1S/C25H20N4O2S2/c1-15-7-6-10-18(11-15)23-27-19(13-32-23)12-20(30)28-29-14-26-24-22(25(29)31)21(16(2)33-24)17-8-4-3-5-9-17/h3-11,13-14H,12H2,1-2H3,(H,28,30). The third kappa shape index (κ3) is 4.22. The predicted octanol–water partition coefficient (Wildman–Crippen LogP) is 5.18. The molecule has 0 aliphatic rings. The van der Waals surface area contributed by atoms with Crippen molar-refractivity contribution in [2.24, 2.45) is 0 Å². The maximum absolute atomic E-state index is 13.2. The molecule has 0 radical (unpaired) electrons. The largest absolute Gasteiger partial charge is 0.281 e. The highest BCUT2D eigenvalue weighted by atomic mass is 32.1. The number of hydrogen-bond acceptors (Lipinski definition) is 6. The number of carbonyl (C=O) groups excluding carboxylic acids is 1. The second-order valence-corrected chi connectivity index (χ2v) is 9.79. The van der Waals surface area contributed by atoms with Gasteiger partial charge in [0.15, 0.2) is 0 Å². The molecule has 3 heterocycles. The summed E-state index contributed by atoms with van der Waals surface area (Å²) in [5.41, 5.74) is 7.03. The number of thiazole rings is 1. The molecule has 0 fully saturated rings. The van der Waals surface area contributed by atoms with Gasteiger partial charge in [-0.3, -0.25) is 15.0 Å². The Labute approximate surface area is 198 Å². The fraction of sp³-hybridized carbons (Fsp3) is 0.120. The van der Waals surface area contributed by atoms with Crippen molar-refractivity contribution < 1.29 is 4.79 Å². The van der Waals surface area contributed by atoms with Crippen LogP contribution < -0.4 is 11.0 Å². The second kappa shape index (κ2) is 8.73. The van der Waals surface area contributed by atoms with Crippen molar-refractivity contribution in [3.05, 3.63) is 92.8 Å². The number of fused-ring (bicyclic) bond motifs is 1. The molecule has 1 N–H and O–H groups in total. The number of thiophene rings is 1. The average Bonchev–Trinajstić information content (AvgIpc) is 3.40. The molecule has 0 atom stereocenters. The lowest BCUT2D eigenvalue weighted by Crippen LogP contribution is -2.34. The molecule has 0 saturated carbocycles. The zero-order valence-corrected chi connectivity index (χ0v) is 19.7. The Hall–Kier alpha value is -3.62. The zero-order chi connectivity index (χ0) is 22.9. The first-order chi connectivity index (χ1) is 16.0. The van der Waals surface area contributed by atoms with Gasteiger partial charge >= 0.3 is 0 Å². The number of carbonyl (C=O) groups is 1. The van der Waals surface area contributed by atoms with Gasteiger partial charge in [0.05, 0.1) is 17.5 Å². The molecule has 8 heteroatoms. The van der Waals surface area contributed by atoms with Crippen LogP contribution in [0.1, 0.15) is 16.1 Å². The van der Waals surface area contributed by atoms with Crippen LogP contribution in [-0.2, 0) is 11.2 Å². The van der Waals surface area contributed by atoms with Gasteiger partial charge in [-0.2, -0.15) is 0 Å². The molecule has 0 aliphatic carbocycles. The van der Waals surface area contributed by atoms with Crippen LogP contribution in [0.2, 0.25) is 0 Å². The van der Waals surface area contributed by atoms with Crippen molar-refractivity contribution in [3.63, 3.8) is 0 Å². The minimum atomic E-state index is -0.326. The highest BCUT2D eigenvalue weighted by Crippen LogP contribution is 2.35. The van der Waals surface area contributed by atoms with Crippen molar-refractivity contribution in [2.45, 2.75) is 20.3 Å². The summed E-state index contributed by atoms with van der Waals surface area (Å²) in [4.78, 5) is 36.6. The molecule has 0 saturated heterocycles. The predicted molar refractivity (Wildman–Crippen MR) is 134 cm³/mol. The Kier molecular flexibility index (Phi) is 5.62. The molecule has 3 aromatic heterocycles. The maximum Gasteiger partial charge on any atom is 0.281 e. The van der Waals surface area contributed by atoms with Crippen molar-refractivity contribution in [2.75, 3.05) is 5.43 Å². The fourth-order valence-electron chi connectivity index (χ4n) is 3.77. The molecule has 5 rings (SSSR count). The van der Waals surface area contributed by atoms with E-state index in [1.165, 1.54) is 29.0 Å². The van der Waals surface area contributed by atoms with Crippen LogP contribution in [0.15, 0.2) is 71.1 Å². The lowest BCUT2D eigenvalue weighted by molar-refractivity contribution is -0.116. The van der Waals surface area contributed by atoms with Gasteiger partial charge in [-0.25, -0.2) is 14.6 Å². The summed E-state index contributed by atoms with van der Waals surface area (Å²) in [6.45, 7) is 4.01. The number of rotatable bonds is 5. The molecule has 1 amide bonds. The van der Waals surface area contributed by atoms with E-state index in [1.807, 2.05) is 67.8 Å². The third-order valence-corrected chi connectivity index (χ3v) is 7.21. The van der Waals surface area contributed by atoms with Gasteiger partial charge < -0.3 is 0 Å². The van der Waals surface area contributed by atoms with E-state index in [0.717, 1.165) is 36.8 Å². The highest BCUT2D eigenvalue weighted by Gasteiger charge is 2.18. The summed E-state index contributed by atoms with van der Waals surface area (Å²) in [6.07, 6.45) is 1.44. The molecule has 0 unspecified atom stereocenters. The molecule has 0 spiro atoms. The van der Waals surface area contributed by atoms with Crippen LogP contribution in [-0.4, -0.2) is 20.6 Å². The number of nitrogens with one attached hydrogen (secondary N) is 1. The molecule has 6 nitrogen and oxygen atoms in total. The van der Waals surface area contributed by atoms with Gasteiger partial charge in [0, 0.05) is 21.4 Å². The van der Waals surface area contributed by atoms with Crippen LogP contribution in [0, 0.1) is 13.8 Å². The Bertz CT molecular complexity index is 1530. The molecule has 33 heavy (non-hydrogen) atoms. The molecular weight excluding hydrogens is 452 g/mol. The topological polar surface area (TPSA) is 76.9 Å². The second-order valence-electron chi connectivity index (χ2n) is 7.72. The van der Waals surface area contributed by atoms with Crippen LogP contribution >= 0.6 is 22.7 Å². The van der Waals surface area contributed by atoms with E-state index >= 15 is 0 Å². The van der Waals surface area contributed by atoms with Gasteiger partial charge in [0.2, 0.25) is 5.91 Å². The van der Waals surface area contributed by atoms with E-state index in [4.69, 9.17) is 0 Å². The molecule has 0 aliphatic heterocycles. The first-order valence-corrected chi connectivity index (χ1v) is 12.1. The summed E-state index contributed by atoms with van der Waals surface area (Å²) < 4.78 is 1.16. The Morgan fingerprint density at radius 3 is 2.64 bits per heavy atom. The normalized spacial score (nSPS) is 11.1. The van der Waals surface area contributed by atoms with Gasteiger partial charge in [0.25, 0.3) is 5.56 Å². The smallest absolute Gasteiger partial charge is 0.273 e. The minimum Gasteiger partial charge on any atom is -0.273 e. The summed E-state index contributed by atoms with van der Waals surface area (Å²) >= 11 is 2.97. The van der Waals surface area contributed by atoms with Crippen molar-refractivity contribution in [3.8, 4) is 21.7 Å². The number of aryl methyl sites for hydroxylation is 2. The molecule has 5 aromatic rings. The Morgan fingerprint density at radius 2 is 1.85 bits per heavy atom. The zero-order valence-electron chi connectivity index (χ0n) is 18.0. The SMILES string of the molecule is Cc1cccc(-c2nc(CC(=O)Nn3cnc4sc(C)c(-c5ccccc5)c4c3=O)cs2)c1. The monoisotopic (exact) mass is 472 g/mol. The van der Waals surface area contributed by atoms with E-state index in [1.54, 1.807) is 0 Å². The quantitative estimate of drug-likeness (QED) is 0.382. The number of amides is 1. The minimum absolute atomic E-state index is 0.0704. The van der Waals surface area contributed by atoms with E-state index in [0.29, 0.717) is 15.9 Å². The lowest BCUT2D eigenvalue weighted by Gasteiger charge is -2.08. The van der Waals surface area contributed by atoms with Crippen LogP contribution in [0.25, 0.3) is 31.9 Å². The fourth-order valence-corrected chi connectivity index (χ4v) is 5.59. The molecule has 164 valence electrons. The van der Waals surface area contributed by atoms with Gasteiger partial charge in [-0.1, -0.05) is 54.1 Å². The summed E-state index contributed by atoms with van der Waals surface area (Å²) in [5, 5.41) is 3.25. The van der Waals surface area contributed by atoms with Crippen molar-refractivity contribution in [1.29, 1.82) is 0 Å². The van der Waals surface area contributed by atoms with Crippen molar-refractivity contribution in [1.82, 2.24) is 14.6 Å². The Balaban J connectivity index is 1.40. The summed E-state index contributed by atoms with van der Waals surface area (Å²) in [5.74, 6) is -0.326. The molecule has 0 bridgehead atoms. The number of aromatic nitrogens is 3. The number of benzene rings is 2. The summed E-state index contributed by atoms with van der Waals surface area (Å²) in [7, 11) is 0. The Morgan fingerprint density at radius 1 is 1.06 bits per heavy atom. The van der Waals surface area contributed by atoms with Crippen molar-refractivity contribution >= 4 is 38.8 Å². The van der Waals surface area contributed by atoms with Gasteiger partial charge in [-0.15, -0.1) is 22.7 Å². The summed E-state index contributed by atoms with van der Waals surface area (Å²) in [6, 6.07) is 17.8. The van der Waals surface area contributed by atoms with Gasteiger partial charge in [0.1, 0.15) is 16.2 Å². The van der Waals surface area contributed by atoms with E-state index in [2.05, 4.69) is 21.5 Å². The van der Waals surface area contributed by atoms with Crippen LogP contribution in [0.4, 0.5) is 0 Å². The van der Waals surface area contributed by atoms with E-state index in [-0.39, 0.29) is 17.9 Å². The van der Waals surface area contributed by atoms with Gasteiger partial charge in [-0.05, 0) is 25.5 Å². The highest BCUT2D eigenvalue weighted by molar-refractivity contribution is 7.19.